The lowest BCUT2D eigenvalue weighted by molar-refractivity contribution is 0.574. The molecule has 0 aliphatic rings. The van der Waals surface area contributed by atoms with E-state index in [1.54, 1.807) is 4.68 Å². The Morgan fingerprint density at radius 3 is 2.44 bits per heavy atom. The Hall–Kier alpha value is -0.990. The lowest BCUT2D eigenvalue weighted by atomic mass is 10.0. The average Bonchev–Trinajstić information content (AvgIpc) is 2.53. The van der Waals surface area contributed by atoms with Gasteiger partial charge in [-0.15, -0.1) is 0 Å². The highest BCUT2D eigenvalue weighted by Crippen LogP contribution is 2.16. The minimum absolute atomic E-state index is 0.183. The molecule has 1 N–H and O–H groups in total. The predicted molar refractivity (Wildman–Crippen MR) is 68.0 cm³/mol. The van der Waals surface area contributed by atoms with E-state index in [-0.39, 0.29) is 5.56 Å². The van der Waals surface area contributed by atoms with E-state index in [1.807, 2.05) is 0 Å². The van der Waals surface area contributed by atoms with Crippen molar-refractivity contribution in [2.45, 2.75) is 65.8 Å². The quantitative estimate of drug-likeness (QED) is 0.792. The molecule has 0 amide bonds. The van der Waals surface area contributed by atoms with Gasteiger partial charge in [-0.3, -0.25) is 14.6 Å². The first-order chi connectivity index (χ1) is 7.61. The van der Waals surface area contributed by atoms with Crippen molar-refractivity contribution < 1.29 is 0 Å². The summed E-state index contributed by atoms with van der Waals surface area (Å²) in [6.07, 6.45) is 4.30. The summed E-state index contributed by atoms with van der Waals surface area (Å²) in [7, 11) is 0. The van der Waals surface area contributed by atoms with Crippen molar-refractivity contribution in [2.24, 2.45) is 0 Å². The molecule has 3 heteroatoms. The minimum atomic E-state index is 0.183. The van der Waals surface area contributed by atoms with Crippen LogP contribution in [0.15, 0.2) is 4.79 Å². The fourth-order valence-corrected chi connectivity index (χ4v) is 2.07. The summed E-state index contributed by atoms with van der Waals surface area (Å²) in [5.74, 6) is 0.314. The van der Waals surface area contributed by atoms with E-state index >= 15 is 0 Å². The third-order valence-corrected chi connectivity index (χ3v) is 2.88. The molecule has 0 aromatic carbocycles. The van der Waals surface area contributed by atoms with E-state index in [4.69, 9.17) is 0 Å². The van der Waals surface area contributed by atoms with Crippen LogP contribution in [0.2, 0.25) is 0 Å². The number of hydrogen-bond acceptors (Lipinski definition) is 1. The number of aromatic amines is 1. The van der Waals surface area contributed by atoms with Crippen molar-refractivity contribution in [3.8, 4) is 0 Å². The molecule has 0 saturated carbocycles. The van der Waals surface area contributed by atoms with E-state index in [2.05, 4.69) is 32.8 Å². The van der Waals surface area contributed by atoms with Gasteiger partial charge in [-0.25, -0.2) is 0 Å². The third kappa shape index (κ3) is 2.77. The molecule has 0 saturated heterocycles. The van der Waals surface area contributed by atoms with Crippen molar-refractivity contribution in [2.75, 3.05) is 0 Å². The molecule has 92 valence electrons. The maximum atomic E-state index is 12.1. The molecular formula is C13H24N2O. The van der Waals surface area contributed by atoms with Crippen LogP contribution in [0.3, 0.4) is 0 Å². The number of rotatable bonds is 6. The highest BCUT2D eigenvalue weighted by atomic mass is 16.1. The molecule has 0 unspecified atom stereocenters. The zero-order valence-corrected chi connectivity index (χ0v) is 11.0. The molecule has 0 bridgehead atoms. The number of nitrogens with zero attached hydrogens (tertiary/aromatic N) is 1. The number of unbranched alkanes of at least 4 members (excludes halogenated alkanes) is 1. The first-order valence-electron chi connectivity index (χ1n) is 6.43. The fourth-order valence-electron chi connectivity index (χ4n) is 2.07. The number of H-pyrrole nitrogens is 1. The van der Waals surface area contributed by atoms with Crippen LogP contribution in [0.25, 0.3) is 0 Å². The van der Waals surface area contributed by atoms with E-state index in [9.17, 15) is 4.79 Å². The first-order valence-corrected chi connectivity index (χ1v) is 6.43. The SMILES string of the molecule is CCCCc1[nH]n(CCC)c(=O)c1C(C)C. The second-order valence-electron chi connectivity index (χ2n) is 4.72. The standard InChI is InChI=1S/C13H24N2O/c1-5-7-8-11-12(10(3)4)13(16)15(14-11)9-6-2/h10,14H,5-9H2,1-4H3. The molecule has 3 nitrogen and oxygen atoms in total. The van der Waals surface area contributed by atoms with Crippen molar-refractivity contribution in [1.82, 2.24) is 9.78 Å². The molecule has 0 radical (unpaired) electrons. The predicted octanol–water partition coefficient (Wildman–Crippen LogP) is 3.05. The molecule has 16 heavy (non-hydrogen) atoms. The maximum absolute atomic E-state index is 12.1. The van der Waals surface area contributed by atoms with Gasteiger partial charge in [0.2, 0.25) is 0 Å². The van der Waals surface area contributed by atoms with Gasteiger partial charge in [0.15, 0.2) is 0 Å². The smallest absolute Gasteiger partial charge is 0.270 e. The summed E-state index contributed by atoms with van der Waals surface area (Å²) in [5, 5.41) is 3.27. The van der Waals surface area contributed by atoms with E-state index in [0.717, 1.165) is 37.1 Å². The summed E-state index contributed by atoms with van der Waals surface area (Å²) in [6, 6.07) is 0. The van der Waals surface area contributed by atoms with Gasteiger partial charge in [0, 0.05) is 17.8 Å². The van der Waals surface area contributed by atoms with Crippen molar-refractivity contribution in [3.05, 3.63) is 21.6 Å². The van der Waals surface area contributed by atoms with Crippen LogP contribution in [0.4, 0.5) is 0 Å². The molecule has 0 aliphatic carbocycles. The van der Waals surface area contributed by atoms with Crippen LogP contribution in [-0.4, -0.2) is 9.78 Å². The highest BCUT2D eigenvalue weighted by Gasteiger charge is 2.15. The maximum Gasteiger partial charge on any atom is 0.270 e. The van der Waals surface area contributed by atoms with E-state index < -0.39 is 0 Å². The topological polar surface area (TPSA) is 37.8 Å². The summed E-state index contributed by atoms with van der Waals surface area (Å²) in [4.78, 5) is 12.1. The Morgan fingerprint density at radius 1 is 1.25 bits per heavy atom. The van der Waals surface area contributed by atoms with Gasteiger partial charge < -0.3 is 0 Å². The molecular weight excluding hydrogens is 200 g/mol. The Bertz CT molecular complexity index is 374. The number of aryl methyl sites for hydroxylation is 2. The summed E-state index contributed by atoms with van der Waals surface area (Å²) < 4.78 is 1.76. The molecule has 0 aliphatic heterocycles. The molecule has 1 aromatic heterocycles. The molecule has 1 heterocycles. The molecule has 1 rings (SSSR count). The Labute approximate surface area is 97.8 Å². The van der Waals surface area contributed by atoms with Gasteiger partial charge in [0.25, 0.3) is 5.56 Å². The normalized spacial score (nSPS) is 11.3. The second kappa shape index (κ2) is 5.92. The van der Waals surface area contributed by atoms with Crippen molar-refractivity contribution >= 4 is 0 Å². The summed E-state index contributed by atoms with van der Waals surface area (Å²) >= 11 is 0. The lowest BCUT2D eigenvalue weighted by Gasteiger charge is -2.03. The zero-order valence-electron chi connectivity index (χ0n) is 11.0. The number of aromatic nitrogens is 2. The second-order valence-corrected chi connectivity index (χ2v) is 4.72. The van der Waals surface area contributed by atoms with E-state index in [1.165, 1.54) is 6.42 Å². The van der Waals surface area contributed by atoms with Gasteiger partial charge in [0.05, 0.1) is 0 Å². The van der Waals surface area contributed by atoms with Gasteiger partial charge in [-0.1, -0.05) is 34.1 Å². The number of nitrogens with one attached hydrogen (secondary N) is 1. The first kappa shape index (κ1) is 13.1. The van der Waals surface area contributed by atoms with E-state index in [0.29, 0.717) is 5.92 Å². The van der Waals surface area contributed by atoms with Crippen LogP contribution in [0.1, 0.15) is 64.1 Å². The van der Waals surface area contributed by atoms with Gasteiger partial charge in [-0.2, -0.15) is 0 Å². The van der Waals surface area contributed by atoms with Crippen molar-refractivity contribution in [1.29, 1.82) is 0 Å². The van der Waals surface area contributed by atoms with Crippen LogP contribution >= 0.6 is 0 Å². The summed E-state index contributed by atoms with van der Waals surface area (Å²) in [6.45, 7) is 9.25. The summed E-state index contributed by atoms with van der Waals surface area (Å²) in [5.41, 5.74) is 2.32. The van der Waals surface area contributed by atoms with Crippen LogP contribution in [0.5, 0.6) is 0 Å². The molecule has 0 fully saturated rings. The average molecular weight is 224 g/mol. The van der Waals surface area contributed by atoms with Gasteiger partial charge in [0.1, 0.15) is 0 Å². The van der Waals surface area contributed by atoms with Gasteiger partial charge >= 0.3 is 0 Å². The zero-order chi connectivity index (χ0) is 12.1. The largest absolute Gasteiger partial charge is 0.299 e. The fraction of sp³-hybridized carbons (Fsp3) is 0.769. The Balaban J connectivity index is 3.05. The van der Waals surface area contributed by atoms with Crippen molar-refractivity contribution in [3.63, 3.8) is 0 Å². The minimum Gasteiger partial charge on any atom is -0.299 e. The molecule has 0 atom stereocenters. The monoisotopic (exact) mass is 224 g/mol. The van der Waals surface area contributed by atoms with Gasteiger partial charge in [-0.05, 0) is 25.2 Å². The Kier molecular flexibility index (Phi) is 4.84. The van der Waals surface area contributed by atoms with Crippen LogP contribution in [0, 0.1) is 0 Å². The van der Waals surface area contributed by atoms with Crippen LogP contribution in [-0.2, 0) is 13.0 Å². The lowest BCUT2D eigenvalue weighted by Crippen LogP contribution is -2.19. The Morgan fingerprint density at radius 2 is 1.94 bits per heavy atom. The third-order valence-electron chi connectivity index (χ3n) is 2.88. The van der Waals surface area contributed by atoms with Crippen LogP contribution < -0.4 is 5.56 Å². The molecule has 0 spiro atoms. The highest BCUT2D eigenvalue weighted by molar-refractivity contribution is 5.21. The molecule has 1 aromatic rings. The number of hydrogen-bond donors (Lipinski definition) is 1.